The predicted molar refractivity (Wildman–Crippen MR) is 84.4 cm³/mol. The fourth-order valence-corrected chi connectivity index (χ4v) is 3.50. The summed E-state index contributed by atoms with van der Waals surface area (Å²) in [6.07, 6.45) is 7.11. The van der Waals surface area contributed by atoms with Crippen molar-refractivity contribution in [3.8, 4) is 5.75 Å². The number of aliphatic hydroxyl groups excluding tert-OH is 1. The molecule has 2 aliphatic carbocycles. The highest BCUT2D eigenvalue weighted by atomic mass is 16.5. The van der Waals surface area contributed by atoms with Gasteiger partial charge in [-0.3, -0.25) is 0 Å². The summed E-state index contributed by atoms with van der Waals surface area (Å²) in [6, 6.07) is 8.87. The summed E-state index contributed by atoms with van der Waals surface area (Å²) in [5, 5.41) is 13.9. The summed E-state index contributed by atoms with van der Waals surface area (Å²) in [7, 11) is 1.70. The maximum Gasteiger partial charge on any atom is 0.118 e. The van der Waals surface area contributed by atoms with Crippen molar-refractivity contribution < 1.29 is 9.84 Å². The SMILES string of the molecule is COc1ccc(C(NCC2CCCCC2O)C2CC2)cc1. The maximum atomic E-state index is 10.1. The average Bonchev–Trinajstić information content (AvgIpc) is 3.35. The summed E-state index contributed by atoms with van der Waals surface area (Å²) >= 11 is 0. The van der Waals surface area contributed by atoms with E-state index in [1.54, 1.807) is 7.11 Å². The third-order valence-corrected chi connectivity index (χ3v) is 5.04. The van der Waals surface area contributed by atoms with Gasteiger partial charge in [0.1, 0.15) is 5.75 Å². The second-order valence-corrected chi connectivity index (χ2v) is 6.61. The van der Waals surface area contributed by atoms with Crippen LogP contribution in [0.1, 0.15) is 50.1 Å². The lowest BCUT2D eigenvalue weighted by atomic mass is 9.86. The molecule has 2 saturated carbocycles. The molecule has 0 radical (unpaired) electrons. The Morgan fingerprint density at radius 1 is 1.14 bits per heavy atom. The lowest BCUT2D eigenvalue weighted by Gasteiger charge is -2.30. The number of hydrogen-bond donors (Lipinski definition) is 2. The highest BCUT2D eigenvalue weighted by Gasteiger charge is 2.33. The van der Waals surface area contributed by atoms with Gasteiger partial charge in [-0.25, -0.2) is 0 Å². The van der Waals surface area contributed by atoms with Crippen molar-refractivity contribution in [2.75, 3.05) is 13.7 Å². The van der Waals surface area contributed by atoms with E-state index in [4.69, 9.17) is 4.74 Å². The molecule has 2 aliphatic rings. The van der Waals surface area contributed by atoms with Crippen LogP contribution in [0.2, 0.25) is 0 Å². The Balaban J connectivity index is 1.61. The molecule has 0 saturated heterocycles. The van der Waals surface area contributed by atoms with E-state index in [2.05, 4.69) is 17.4 Å². The van der Waals surface area contributed by atoms with Crippen LogP contribution in [0.4, 0.5) is 0 Å². The van der Waals surface area contributed by atoms with Crippen molar-refractivity contribution in [1.82, 2.24) is 5.32 Å². The minimum Gasteiger partial charge on any atom is -0.497 e. The first kappa shape index (κ1) is 14.9. The number of nitrogens with one attached hydrogen (secondary N) is 1. The zero-order valence-electron chi connectivity index (χ0n) is 12.9. The fourth-order valence-electron chi connectivity index (χ4n) is 3.50. The highest BCUT2D eigenvalue weighted by molar-refractivity contribution is 5.30. The van der Waals surface area contributed by atoms with E-state index < -0.39 is 0 Å². The zero-order chi connectivity index (χ0) is 14.7. The molecule has 2 N–H and O–H groups in total. The van der Waals surface area contributed by atoms with Gasteiger partial charge in [0.15, 0.2) is 0 Å². The van der Waals surface area contributed by atoms with Crippen LogP contribution in [0.3, 0.4) is 0 Å². The second kappa shape index (κ2) is 6.80. The third-order valence-electron chi connectivity index (χ3n) is 5.04. The van der Waals surface area contributed by atoms with Crippen LogP contribution in [0.15, 0.2) is 24.3 Å². The Bertz CT molecular complexity index is 441. The van der Waals surface area contributed by atoms with Crippen molar-refractivity contribution >= 4 is 0 Å². The molecule has 0 spiro atoms. The van der Waals surface area contributed by atoms with Gasteiger partial charge in [-0.1, -0.05) is 25.0 Å². The number of methoxy groups -OCH3 is 1. The number of hydrogen-bond acceptors (Lipinski definition) is 3. The molecule has 21 heavy (non-hydrogen) atoms. The molecule has 0 heterocycles. The largest absolute Gasteiger partial charge is 0.497 e. The lowest BCUT2D eigenvalue weighted by molar-refractivity contribution is 0.0676. The summed E-state index contributed by atoms with van der Waals surface area (Å²) in [5.41, 5.74) is 1.35. The second-order valence-electron chi connectivity index (χ2n) is 6.61. The van der Waals surface area contributed by atoms with Crippen molar-refractivity contribution in [2.45, 2.75) is 50.7 Å². The summed E-state index contributed by atoms with van der Waals surface area (Å²) < 4.78 is 5.24. The van der Waals surface area contributed by atoms with Gasteiger partial charge in [-0.05, 0) is 55.2 Å². The topological polar surface area (TPSA) is 41.5 Å². The predicted octanol–water partition coefficient (Wildman–Crippen LogP) is 3.29. The van der Waals surface area contributed by atoms with Gasteiger partial charge in [0.2, 0.25) is 0 Å². The molecule has 3 atom stereocenters. The summed E-state index contributed by atoms with van der Waals surface area (Å²) in [4.78, 5) is 0. The third kappa shape index (κ3) is 3.78. The highest BCUT2D eigenvalue weighted by Crippen LogP contribution is 2.41. The first-order valence-corrected chi connectivity index (χ1v) is 8.33. The van der Waals surface area contributed by atoms with E-state index >= 15 is 0 Å². The normalized spacial score (nSPS) is 27.3. The molecule has 0 aromatic heterocycles. The number of benzene rings is 1. The van der Waals surface area contributed by atoms with Crippen LogP contribution in [0.25, 0.3) is 0 Å². The van der Waals surface area contributed by atoms with Crippen molar-refractivity contribution in [3.63, 3.8) is 0 Å². The fraction of sp³-hybridized carbons (Fsp3) is 0.667. The van der Waals surface area contributed by atoms with Crippen LogP contribution >= 0.6 is 0 Å². The van der Waals surface area contributed by atoms with Crippen molar-refractivity contribution in [3.05, 3.63) is 29.8 Å². The van der Waals surface area contributed by atoms with Gasteiger partial charge in [0.25, 0.3) is 0 Å². The quantitative estimate of drug-likeness (QED) is 0.844. The Hall–Kier alpha value is -1.06. The van der Waals surface area contributed by atoms with Gasteiger partial charge in [0.05, 0.1) is 13.2 Å². The molecule has 3 heteroatoms. The smallest absolute Gasteiger partial charge is 0.118 e. The van der Waals surface area contributed by atoms with E-state index in [-0.39, 0.29) is 6.10 Å². The van der Waals surface area contributed by atoms with Crippen LogP contribution in [0, 0.1) is 11.8 Å². The van der Waals surface area contributed by atoms with E-state index in [9.17, 15) is 5.11 Å². The van der Waals surface area contributed by atoms with E-state index in [0.29, 0.717) is 12.0 Å². The van der Waals surface area contributed by atoms with Crippen LogP contribution in [-0.2, 0) is 0 Å². The molecule has 1 aromatic rings. The first-order valence-electron chi connectivity index (χ1n) is 8.33. The van der Waals surface area contributed by atoms with Crippen molar-refractivity contribution in [2.24, 2.45) is 11.8 Å². The maximum absolute atomic E-state index is 10.1. The average molecular weight is 289 g/mol. The van der Waals surface area contributed by atoms with Crippen molar-refractivity contribution in [1.29, 1.82) is 0 Å². The summed E-state index contributed by atoms with van der Waals surface area (Å²) in [5.74, 6) is 2.10. The zero-order valence-corrected chi connectivity index (χ0v) is 12.9. The van der Waals surface area contributed by atoms with Gasteiger partial charge in [0, 0.05) is 12.6 Å². The van der Waals surface area contributed by atoms with E-state index in [0.717, 1.165) is 31.1 Å². The van der Waals surface area contributed by atoms with Crippen LogP contribution in [0.5, 0.6) is 5.75 Å². The molecular formula is C18H27NO2. The van der Waals surface area contributed by atoms with Crippen LogP contribution in [-0.4, -0.2) is 24.9 Å². The standard InChI is InChI=1S/C18H27NO2/c1-21-16-10-8-14(9-11-16)18(13-6-7-13)19-12-15-4-2-3-5-17(15)20/h8-11,13,15,17-20H,2-7,12H2,1H3. The van der Waals surface area contributed by atoms with Gasteiger partial charge < -0.3 is 15.2 Å². The molecule has 116 valence electrons. The molecular weight excluding hydrogens is 262 g/mol. The molecule has 3 unspecified atom stereocenters. The number of rotatable bonds is 6. The minimum atomic E-state index is -0.109. The Morgan fingerprint density at radius 3 is 2.48 bits per heavy atom. The Morgan fingerprint density at radius 2 is 1.86 bits per heavy atom. The lowest BCUT2D eigenvalue weighted by Crippen LogP contribution is -2.36. The molecule has 0 bridgehead atoms. The monoisotopic (exact) mass is 289 g/mol. The van der Waals surface area contributed by atoms with E-state index in [1.165, 1.54) is 31.2 Å². The van der Waals surface area contributed by atoms with Crippen LogP contribution < -0.4 is 10.1 Å². The molecule has 3 nitrogen and oxygen atoms in total. The molecule has 0 aliphatic heterocycles. The molecule has 1 aromatic carbocycles. The van der Waals surface area contributed by atoms with Gasteiger partial charge in [-0.15, -0.1) is 0 Å². The number of ether oxygens (including phenoxy) is 1. The van der Waals surface area contributed by atoms with E-state index in [1.807, 2.05) is 12.1 Å². The molecule has 3 rings (SSSR count). The van der Waals surface area contributed by atoms with Gasteiger partial charge in [-0.2, -0.15) is 0 Å². The first-order chi connectivity index (χ1) is 10.3. The molecule has 0 amide bonds. The molecule has 2 fully saturated rings. The number of aliphatic hydroxyl groups is 1. The Kier molecular flexibility index (Phi) is 4.81. The minimum absolute atomic E-state index is 0.109. The van der Waals surface area contributed by atoms with Gasteiger partial charge >= 0.3 is 0 Å². The summed E-state index contributed by atoms with van der Waals surface area (Å²) in [6.45, 7) is 0.939. The Labute approximate surface area is 127 Å².